The second-order valence-electron chi connectivity index (χ2n) is 6.06. The van der Waals surface area contributed by atoms with Crippen LogP contribution < -0.4 is 5.32 Å². The summed E-state index contributed by atoms with van der Waals surface area (Å²) in [6.07, 6.45) is 1.22. The monoisotopic (exact) mass is 326 g/mol. The van der Waals surface area contributed by atoms with Gasteiger partial charge in [0.25, 0.3) is 0 Å². The Bertz CT molecular complexity index is 641. The van der Waals surface area contributed by atoms with Crippen LogP contribution in [-0.4, -0.2) is 50.4 Å². The minimum atomic E-state index is -3.13. The van der Waals surface area contributed by atoms with Crippen LogP contribution in [0.25, 0.3) is 0 Å². The lowest BCUT2D eigenvalue weighted by atomic mass is 10.1. The van der Waals surface area contributed by atoms with Gasteiger partial charge in [-0.3, -0.25) is 9.69 Å². The van der Waals surface area contributed by atoms with Crippen molar-refractivity contribution in [2.24, 2.45) is 0 Å². The van der Waals surface area contributed by atoms with E-state index in [9.17, 15) is 13.2 Å². The molecule has 0 saturated carbocycles. The van der Waals surface area contributed by atoms with E-state index in [-0.39, 0.29) is 18.5 Å². The molecule has 0 bridgehead atoms. The Hall–Kier alpha value is -1.40. The van der Waals surface area contributed by atoms with Gasteiger partial charge in [0.05, 0.1) is 11.8 Å². The van der Waals surface area contributed by atoms with Crippen LogP contribution in [0.1, 0.15) is 25.0 Å². The molecule has 5 nitrogen and oxygen atoms in total. The zero-order valence-electron chi connectivity index (χ0n) is 14.2. The predicted molar refractivity (Wildman–Crippen MR) is 90.9 cm³/mol. The fourth-order valence-electron chi connectivity index (χ4n) is 2.15. The number of carbonyl (C=O) groups excluding carboxylic acids is 1. The molecule has 0 spiro atoms. The van der Waals surface area contributed by atoms with Gasteiger partial charge in [-0.15, -0.1) is 0 Å². The molecule has 0 saturated heterocycles. The molecular formula is C16H26N2O3S. The Morgan fingerprint density at radius 3 is 2.41 bits per heavy atom. The molecule has 1 N–H and O–H groups in total. The van der Waals surface area contributed by atoms with Crippen molar-refractivity contribution in [3.05, 3.63) is 29.3 Å². The van der Waals surface area contributed by atoms with E-state index in [0.29, 0.717) is 0 Å². The van der Waals surface area contributed by atoms with Crippen LogP contribution in [0.2, 0.25) is 0 Å². The Morgan fingerprint density at radius 2 is 1.86 bits per heavy atom. The van der Waals surface area contributed by atoms with E-state index >= 15 is 0 Å². The Balaban J connectivity index is 2.70. The van der Waals surface area contributed by atoms with Gasteiger partial charge in [0.1, 0.15) is 0 Å². The first-order valence-electron chi connectivity index (χ1n) is 7.28. The third-order valence-corrected chi connectivity index (χ3v) is 5.85. The molecule has 0 aliphatic carbocycles. The molecule has 0 fully saturated rings. The zero-order valence-corrected chi connectivity index (χ0v) is 15.0. The predicted octanol–water partition coefficient (Wildman–Crippen LogP) is 2.00. The van der Waals surface area contributed by atoms with Crippen molar-refractivity contribution in [2.75, 3.05) is 25.2 Å². The Labute approximate surface area is 133 Å². The van der Waals surface area contributed by atoms with Crippen molar-refractivity contribution in [1.29, 1.82) is 0 Å². The average molecular weight is 326 g/mol. The van der Waals surface area contributed by atoms with Crippen LogP contribution >= 0.6 is 0 Å². The number of carbonyl (C=O) groups is 1. The highest BCUT2D eigenvalue weighted by atomic mass is 32.2. The van der Waals surface area contributed by atoms with E-state index in [2.05, 4.69) is 5.32 Å². The van der Waals surface area contributed by atoms with Gasteiger partial charge in [0.2, 0.25) is 5.91 Å². The summed E-state index contributed by atoms with van der Waals surface area (Å²) < 4.78 is 23.2. The van der Waals surface area contributed by atoms with E-state index in [1.165, 1.54) is 6.26 Å². The van der Waals surface area contributed by atoms with Crippen LogP contribution in [0.15, 0.2) is 18.2 Å². The summed E-state index contributed by atoms with van der Waals surface area (Å²) in [5.41, 5.74) is 2.87. The van der Waals surface area contributed by atoms with E-state index < -0.39 is 15.1 Å². The summed E-state index contributed by atoms with van der Waals surface area (Å²) in [4.78, 5) is 13.9. The lowest BCUT2D eigenvalue weighted by Gasteiger charge is -2.28. The second kappa shape index (κ2) is 7.24. The van der Waals surface area contributed by atoms with Crippen molar-refractivity contribution >= 4 is 21.4 Å². The number of aryl methyl sites for hydroxylation is 2. The minimum absolute atomic E-state index is 0.147. The van der Waals surface area contributed by atoms with E-state index in [1.54, 1.807) is 18.9 Å². The first kappa shape index (κ1) is 18.6. The number of amides is 1. The Kier molecular flexibility index (Phi) is 6.14. The lowest BCUT2D eigenvalue weighted by Crippen LogP contribution is -2.44. The summed E-state index contributed by atoms with van der Waals surface area (Å²) in [6.45, 7) is 7.54. The summed E-state index contributed by atoms with van der Waals surface area (Å²) in [7, 11) is -1.37. The number of benzene rings is 1. The third kappa shape index (κ3) is 5.10. The number of anilines is 1. The zero-order chi connectivity index (χ0) is 17.1. The van der Waals surface area contributed by atoms with Crippen LogP contribution in [0.4, 0.5) is 5.69 Å². The number of nitrogens with zero attached hydrogens (tertiary/aromatic N) is 1. The number of nitrogens with one attached hydrogen (secondary N) is 1. The van der Waals surface area contributed by atoms with Crippen molar-refractivity contribution in [1.82, 2.24) is 4.90 Å². The molecule has 1 rings (SSSR count). The van der Waals surface area contributed by atoms with Gasteiger partial charge in [0, 0.05) is 18.0 Å². The largest absolute Gasteiger partial charge is 0.325 e. The molecule has 124 valence electrons. The Morgan fingerprint density at radius 1 is 1.27 bits per heavy atom. The van der Waals surface area contributed by atoms with Gasteiger partial charge in [-0.1, -0.05) is 12.1 Å². The molecule has 0 radical (unpaired) electrons. The van der Waals surface area contributed by atoms with Crippen LogP contribution in [0.3, 0.4) is 0 Å². The second-order valence-corrected chi connectivity index (χ2v) is 8.46. The first-order chi connectivity index (χ1) is 10.0. The minimum Gasteiger partial charge on any atom is -0.325 e. The highest BCUT2D eigenvalue weighted by Gasteiger charge is 2.26. The van der Waals surface area contributed by atoms with Crippen molar-refractivity contribution in [2.45, 2.75) is 39.0 Å². The molecule has 0 aliphatic rings. The molecule has 6 heteroatoms. The van der Waals surface area contributed by atoms with Gasteiger partial charge in [0.15, 0.2) is 9.84 Å². The van der Waals surface area contributed by atoms with Crippen LogP contribution in [0.5, 0.6) is 0 Å². The van der Waals surface area contributed by atoms with Crippen molar-refractivity contribution in [3.63, 3.8) is 0 Å². The van der Waals surface area contributed by atoms with Gasteiger partial charge >= 0.3 is 0 Å². The standard InChI is InChI=1S/C16H26N2O3S/c1-11-7-8-12(2)15(9-11)17-16(19)10-18(5)13(3)14(4)22(6,20)21/h7-9,13-14H,10H2,1-6H3,(H,17,19)/t13-,14+/m1/s1. The molecule has 2 atom stereocenters. The van der Waals surface area contributed by atoms with Gasteiger partial charge in [-0.05, 0) is 51.9 Å². The topological polar surface area (TPSA) is 66.5 Å². The smallest absolute Gasteiger partial charge is 0.238 e. The number of rotatable bonds is 6. The molecular weight excluding hydrogens is 300 g/mol. The van der Waals surface area contributed by atoms with E-state index in [0.717, 1.165) is 16.8 Å². The highest BCUT2D eigenvalue weighted by Crippen LogP contribution is 2.16. The quantitative estimate of drug-likeness (QED) is 0.868. The van der Waals surface area contributed by atoms with Gasteiger partial charge in [-0.25, -0.2) is 8.42 Å². The first-order valence-corrected chi connectivity index (χ1v) is 9.24. The van der Waals surface area contributed by atoms with Crippen LogP contribution in [0, 0.1) is 13.8 Å². The summed E-state index contributed by atoms with van der Waals surface area (Å²) >= 11 is 0. The number of likely N-dealkylation sites (N-methyl/N-ethyl adjacent to an activating group) is 1. The normalized spacial score (nSPS) is 14.7. The number of sulfone groups is 1. The van der Waals surface area contributed by atoms with Crippen molar-refractivity contribution in [3.8, 4) is 0 Å². The van der Waals surface area contributed by atoms with Crippen LogP contribution in [-0.2, 0) is 14.6 Å². The fraction of sp³-hybridized carbons (Fsp3) is 0.562. The van der Waals surface area contributed by atoms with Gasteiger partial charge in [-0.2, -0.15) is 0 Å². The number of hydrogen-bond donors (Lipinski definition) is 1. The van der Waals surface area contributed by atoms with Gasteiger partial charge < -0.3 is 5.32 Å². The lowest BCUT2D eigenvalue weighted by molar-refractivity contribution is -0.117. The summed E-state index contributed by atoms with van der Waals surface area (Å²) in [6, 6.07) is 5.64. The number of hydrogen-bond acceptors (Lipinski definition) is 4. The van der Waals surface area contributed by atoms with Crippen molar-refractivity contribution < 1.29 is 13.2 Å². The highest BCUT2D eigenvalue weighted by molar-refractivity contribution is 7.91. The maximum atomic E-state index is 12.2. The molecule has 0 unspecified atom stereocenters. The molecule has 1 amide bonds. The van der Waals surface area contributed by atoms with E-state index in [4.69, 9.17) is 0 Å². The maximum absolute atomic E-state index is 12.2. The molecule has 0 heterocycles. The molecule has 1 aromatic carbocycles. The van der Waals surface area contributed by atoms with E-state index in [1.807, 2.05) is 39.0 Å². The maximum Gasteiger partial charge on any atom is 0.238 e. The molecule has 22 heavy (non-hydrogen) atoms. The summed E-state index contributed by atoms with van der Waals surface area (Å²) in [5.74, 6) is -0.149. The molecule has 1 aromatic rings. The fourth-order valence-corrected chi connectivity index (χ4v) is 3.07. The third-order valence-electron chi connectivity index (χ3n) is 4.11. The molecule has 0 aromatic heterocycles. The summed E-state index contributed by atoms with van der Waals surface area (Å²) in [5, 5.41) is 2.36. The SMILES string of the molecule is Cc1ccc(C)c(NC(=O)CN(C)[C@H](C)[C@H](C)S(C)(=O)=O)c1. The molecule has 0 aliphatic heterocycles. The average Bonchev–Trinajstić information content (AvgIpc) is 2.40.